The molecule has 3 unspecified atom stereocenters. The van der Waals surface area contributed by atoms with E-state index in [0.29, 0.717) is 17.5 Å². The van der Waals surface area contributed by atoms with Crippen LogP contribution in [0.3, 0.4) is 0 Å². The van der Waals surface area contributed by atoms with Gasteiger partial charge in [0.25, 0.3) is 0 Å². The highest BCUT2D eigenvalue weighted by molar-refractivity contribution is 9.10. The zero-order valence-electron chi connectivity index (χ0n) is 11.2. The quantitative estimate of drug-likeness (QED) is 0.857. The molecule has 19 heavy (non-hydrogen) atoms. The molecule has 1 aromatic carbocycles. The molecule has 0 spiro atoms. The topological polar surface area (TPSA) is 46.2 Å². The summed E-state index contributed by atoms with van der Waals surface area (Å²) in [6.07, 6.45) is 3.81. The van der Waals surface area contributed by atoms with Crippen molar-refractivity contribution in [1.29, 1.82) is 0 Å². The number of halogens is 2. The van der Waals surface area contributed by atoms with Gasteiger partial charge in [0, 0.05) is 21.5 Å². The molecule has 1 fully saturated rings. The Kier molecular flexibility index (Phi) is 4.93. The first-order valence-corrected chi connectivity index (χ1v) is 7.99. The molecule has 0 aliphatic heterocycles. The second kappa shape index (κ2) is 6.13. The molecule has 1 aliphatic carbocycles. The van der Waals surface area contributed by atoms with Gasteiger partial charge in [-0.25, -0.2) is 0 Å². The van der Waals surface area contributed by atoms with Crippen molar-refractivity contribution in [2.24, 2.45) is 17.1 Å². The van der Waals surface area contributed by atoms with Crippen LogP contribution in [0.4, 0.5) is 0 Å². The Labute approximate surface area is 128 Å². The van der Waals surface area contributed by atoms with E-state index in [1.54, 1.807) is 0 Å². The van der Waals surface area contributed by atoms with Gasteiger partial charge in [-0.3, -0.25) is 0 Å². The van der Waals surface area contributed by atoms with Gasteiger partial charge in [-0.2, -0.15) is 0 Å². The largest absolute Gasteiger partial charge is 0.388 e. The number of hydrogen-bond donors (Lipinski definition) is 2. The van der Waals surface area contributed by atoms with Crippen LogP contribution in [0.2, 0.25) is 5.02 Å². The molecule has 0 radical (unpaired) electrons. The second-order valence-corrected chi connectivity index (χ2v) is 7.13. The normalized spacial score (nSPS) is 29.2. The van der Waals surface area contributed by atoms with Crippen molar-refractivity contribution in [3.63, 3.8) is 0 Å². The Morgan fingerprint density at radius 1 is 1.58 bits per heavy atom. The molecule has 0 amide bonds. The van der Waals surface area contributed by atoms with E-state index >= 15 is 0 Å². The molecule has 2 rings (SSSR count). The van der Waals surface area contributed by atoms with Crippen molar-refractivity contribution in [3.8, 4) is 0 Å². The summed E-state index contributed by atoms with van der Waals surface area (Å²) >= 11 is 9.46. The Bertz CT molecular complexity index is 454. The first kappa shape index (κ1) is 15.3. The minimum atomic E-state index is -0.535. The minimum absolute atomic E-state index is 0.200. The smallest absolute Gasteiger partial charge is 0.0869 e. The van der Waals surface area contributed by atoms with Crippen molar-refractivity contribution in [1.82, 2.24) is 0 Å². The lowest BCUT2D eigenvalue weighted by molar-refractivity contribution is -0.0135. The molecule has 0 aromatic heterocycles. The lowest BCUT2D eigenvalue weighted by Crippen LogP contribution is -2.40. The number of aliphatic hydroxyl groups is 1. The second-order valence-electron chi connectivity index (χ2n) is 5.84. The van der Waals surface area contributed by atoms with Gasteiger partial charge >= 0.3 is 0 Å². The van der Waals surface area contributed by atoms with Crippen molar-refractivity contribution >= 4 is 27.5 Å². The van der Waals surface area contributed by atoms with Gasteiger partial charge in [0.05, 0.1) is 6.10 Å². The lowest BCUT2D eigenvalue weighted by atomic mass is 9.65. The summed E-state index contributed by atoms with van der Waals surface area (Å²) < 4.78 is 0.860. The highest BCUT2D eigenvalue weighted by Gasteiger charge is 2.41. The van der Waals surface area contributed by atoms with E-state index in [2.05, 4.69) is 22.9 Å². The molecule has 1 aliphatic rings. The van der Waals surface area contributed by atoms with Crippen LogP contribution in [0, 0.1) is 11.3 Å². The Balaban J connectivity index is 2.32. The zero-order valence-corrected chi connectivity index (χ0v) is 13.5. The average molecular weight is 347 g/mol. The molecule has 3 atom stereocenters. The summed E-state index contributed by atoms with van der Waals surface area (Å²) in [6.45, 7) is 2.76. The Morgan fingerprint density at radius 3 is 2.89 bits per heavy atom. The third-order valence-electron chi connectivity index (χ3n) is 4.37. The number of aliphatic hydroxyl groups excluding tert-OH is 1. The summed E-state index contributed by atoms with van der Waals surface area (Å²) in [4.78, 5) is 0. The molecule has 0 saturated heterocycles. The molecule has 4 heteroatoms. The van der Waals surface area contributed by atoms with E-state index < -0.39 is 6.10 Å². The average Bonchev–Trinajstić information content (AvgIpc) is 2.38. The maximum atomic E-state index is 10.8. The van der Waals surface area contributed by atoms with Crippen LogP contribution in [0.15, 0.2) is 22.7 Å². The first-order chi connectivity index (χ1) is 8.98. The number of nitrogens with two attached hydrogens (primary N) is 1. The van der Waals surface area contributed by atoms with Crippen LogP contribution in [0.5, 0.6) is 0 Å². The molecule has 3 N–H and O–H groups in total. The Morgan fingerprint density at radius 2 is 2.32 bits per heavy atom. The van der Waals surface area contributed by atoms with Crippen LogP contribution < -0.4 is 5.73 Å². The third-order valence-corrected chi connectivity index (χ3v) is 5.29. The van der Waals surface area contributed by atoms with E-state index in [4.69, 9.17) is 17.3 Å². The highest BCUT2D eigenvalue weighted by atomic mass is 79.9. The fourth-order valence-electron chi connectivity index (χ4n) is 3.30. The van der Waals surface area contributed by atoms with Crippen LogP contribution >= 0.6 is 27.5 Å². The van der Waals surface area contributed by atoms with Gasteiger partial charge in [0.2, 0.25) is 0 Å². The standard InChI is InChI=1S/C15H21BrClNO/c1-10-3-2-6-15(8-10,9-18)14(19)12-5-4-11(17)7-13(12)16/h4-5,7,10,14,19H,2-3,6,8-9,18H2,1H3. The van der Waals surface area contributed by atoms with Gasteiger partial charge in [0.15, 0.2) is 0 Å². The maximum Gasteiger partial charge on any atom is 0.0869 e. The minimum Gasteiger partial charge on any atom is -0.388 e. The van der Waals surface area contributed by atoms with E-state index in [1.165, 1.54) is 6.42 Å². The van der Waals surface area contributed by atoms with Gasteiger partial charge in [-0.15, -0.1) is 0 Å². The van der Waals surface area contributed by atoms with E-state index in [9.17, 15) is 5.11 Å². The number of hydrogen-bond acceptors (Lipinski definition) is 2. The predicted octanol–water partition coefficient (Wildman–Crippen LogP) is 4.29. The summed E-state index contributed by atoms with van der Waals surface area (Å²) in [5.41, 5.74) is 6.71. The summed E-state index contributed by atoms with van der Waals surface area (Å²) in [7, 11) is 0. The molecule has 106 valence electrons. The van der Waals surface area contributed by atoms with Crippen molar-refractivity contribution in [3.05, 3.63) is 33.3 Å². The van der Waals surface area contributed by atoms with E-state index in [-0.39, 0.29) is 5.41 Å². The molecule has 0 bridgehead atoms. The Hall–Kier alpha value is -0.0900. The summed E-state index contributed by atoms with van der Waals surface area (Å²) in [5.74, 6) is 0.623. The SMILES string of the molecule is CC1CCCC(CN)(C(O)c2ccc(Cl)cc2Br)C1. The molecule has 0 heterocycles. The van der Waals surface area contributed by atoms with Gasteiger partial charge in [-0.1, -0.05) is 53.4 Å². The maximum absolute atomic E-state index is 10.8. The predicted molar refractivity (Wildman–Crippen MR) is 83.2 cm³/mol. The number of rotatable bonds is 3. The molecular formula is C15H21BrClNO. The summed E-state index contributed by atoms with van der Waals surface area (Å²) in [6, 6.07) is 5.55. The van der Waals surface area contributed by atoms with Crippen LogP contribution in [-0.2, 0) is 0 Å². The van der Waals surface area contributed by atoms with Gasteiger partial charge < -0.3 is 10.8 Å². The molecule has 2 nitrogen and oxygen atoms in total. The van der Waals surface area contributed by atoms with Crippen LogP contribution in [0.25, 0.3) is 0 Å². The molecule has 1 saturated carbocycles. The summed E-state index contributed by atoms with van der Waals surface area (Å²) in [5, 5.41) is 11.5. The van der Waals surface area contributed by atoms with E-state index in [0.717, 1.165) is 29.3 Å². The zero-order chi connectivity index (χ0) is 14.0. The molecular weight excluding hydrogens is 326 g/mol. The van der Waals surface area contributed by atoms with Crippen molar-refractivity contribution < 1.29 is 5.11 Å². The first-order valence-electron chi connectivity index (χ1n) is 6.81. The van der Waals surface area contributed by atoms with Crippen molar-refractivity contribution in [2.45, 2.75) is 38.7 Å². The number of benzene rings is 1. The fourth-order valence-corrected chi connectivity index (χ4v) is 4.20. The van der Waals surface area contributed by atoms with Crippen LogP contribution in [0.1, 0.15) is 44.3 Å². The third kappa shape index (κ3) is 3.15. The van der Waals surface area contributed by atoms with E-state index in [1.807, 2.05) is 18.2 Å². The molecule has 1 aromatic rings. The lowest BCUT2D eigenvalue weighted by Gasteiger charge is -2.43. The van der Waals surface area contributed by atoms with Crippen molar-refractivity contribution in [2.75, 3.05) is 6.54 Å². The highest BCUT2D eigenvalue weighted by Crippen LogP contribution is 2.48. The van der Waals surface area contributed by atoms with Gasteiger partial charge in [-0.05, 0) is 36.5 Å². The van der Waals surface area contributed by atoms with Crippen LogP contribution in [-0.4, -0.2) is 11.7 Å². The van der Waals surface area contributed by atoms with Gasteiger partial charge in [0.1, 0.15) is 0 Å². The monoisotopic (exact) mass is 345 g/mol. The fraction of sp³-hybridized carbons (Fsp3) is 0.600.